The van der Waals surface area contributed by atoms with Gasteiger partial charge in [-0.2, -0.15) is 5.10 Å². The van der Waals surface area contributed by atoms with E-state index < -0.39 is 5.91 Å². The van der Waals surface area contributed by atoms with Crippen LogP contribution in [0.15, 0.2) is 18.2 Å². The summed E-state index contributed by atoms with van der Waals surface area (Å²) in [4.78, 5) is 11.5. The number of halogens is 1. The first kappa shape index (κ1) is 14.2. The smallest absolute Gasteiger partial charge is 0.265 e. The first-order chi connectivity index (χ1) is 9.43. The van der Waals surface area contributed by atoms with E-state index in [0.29, 0.717) is 11.1 Å². The standard InChI is InChI=1S/C14H17FN4O/c1-8-9(2)18-19(10(8)3)7-12-6-11(14(20)17-16)4-5-13(12)15/h4-6H,7,16H2,1-3H3,(H,17,20). The van der Waals surface area contributed by atoms with Crippen molar-refractivity contribution in [1.82, 2.24) is 15.2 Å². The van der Waals surface area contributed by atoms with Crippen LogP contribution in [0.3, 0.4) is 0 Å². The first-order valence-corrected chi connectivity index (χ1v) is 6.24. The number of amides is 1. The minimum Gasteiger partial charge on any atom is -0.290 e. The molecule has 20 heavy (non-hydrogen) atoms. The molecule has 106 valence electrons. The van der Waals surface area contributed by atoms with Crippen molar-refractivity contribution in [3.8, 4) is 0 Å². The summed E-state index contributed by atoms with van der Waals surface area (Å²) in [5.74, 6) is 4.26. The Balaban J connectivity index is 2.37. The van der Waals surface area contributed by atoms with Gasteiger partial charge in [-0.25, -0.2) is 10.2 Å². The number of benzene rings is 1. The quantitative estimate of drug-likeness (QED) is 0.508. The molecule has 1 amide bonds. The van der Waals surface area contributed by atoms with E-state index in [1.165, 1.54) is 18.2 Å². The highest BCUT2D eigenvalue weighted by Gasteiger charge is 2.12. The molecule has 0 bridgehead atoms. The number of hydrogen-bond donors (Lipinski definition) is 2. The molecule has 6 heteroatoms. The zero-order chi connectivity index (χ0) is 14.9. The Bertz CT molecular complexity index is 663. The number of carbonyl (C=O) groups is 1. The van der Waals surface area contributed by atoms with Gasteiger partial charge in [-0.3, -0.25) is 14.9 Å². The van der Waals surface area contributed by atoms with Crippen LogP contribution in [0.2, 0.25) is 0 Å². The van der Waals surface area contributed by atoms with Gasteiger partial charge in [-0.1, -0.05) is 0 Å². The zero-order valence-electron chi connectivity index (χ0n) is 11.7. The van der Waals surface area contributed by atoms with Crippen LogP contribution in [0.25, 0.3) is 0 Å². The number of hydrogen-bond acceptors (Lipinski definition) is 3. The molecular formula is C14H17FN4O. The molecule has 0 atom stereocenters. The normalized spacial score (nSPS) is 10.7. The van der Waals surface area contributed by atoms with E-state index in [4.69, 9.17) is 5.84 Å². The van der Waals surface area contributed by atoms with Gasteiger partial charge in [0, 0.05) is 16.8 Å². The van der Waals surface area contributed by atoms with Gasteiger partial charge in [0.25, 0.3) is 5.91 Å². The van der Waals surface area contributed by atoms with E-state index in [1.807, 2.05) is 26.2 Å². The number of hydrazine groups is 1. The molecule has 0 saturated carbocycles. The molecule has 2 rings (SSSR count). The van der Waals surface area contributed by atoms with Crippen molar-refractivity contribution in [3.63, 3.8) is 0 Å². The first-order valence-electron chi connectivity index (χ1n) is 6.24. The lowest BCUT2D eigenvalue weighted by molar-refractivity contribution is 0.0953. The maximum absolute atomic E-state index is 13.9. The van der Waals surface area contributed by atoms with Gasteiger partial charge >= 0.3 is 0 Å². The van der Waals surface area contributed by atoms with Gasteiger partial charge < -0.3 is 0 Å². The maximum Gasteiger partial charge on any atom is 0.265 e. The summed E-state index contributed by atoms with van der Waals surface area (Å²) >= 11 is 0. The third-order valence-corrected chi connectivity index (χ3v) is 3.50. The van der Waals surface area contributed by atoms with Crippen molar-refractivity contribution in [1.29, 1.82) is 0 Å². The number of aromatic nitrogens is 2. The number of carbonyl (C=O) groups excluding carboxylic acids is 1. The average Bonchev–Trinajstić information content (AvgIpc) is 2.68. The fourth-order valence-corrected chi connectivity index (χ4v) is 2.02. The Morgan fingerprint density at radius 3 is 2.65 bits per heavy atom. The van der Waals surface area contributed by atoms with Crippen molar-refractivity contribution in [3.05, 3.63) is 52.1 Å². The summed E-state index contributed by atoms with van der Waals surface area (Å²) in [6, 6.07) is 4.15. The Kier molecular flexibility index (Phi) is 3.85. The molecule has 0 saturated heterocycles. The third kappa shape index (κ3) is 2.55. The highest BCUT2D eigenvalue weighted by molar-refractivity contribution is 5.93. The fourth-order valence-electron chi connectivity index (χ4n) is 2.02. The lowest BCUT2D eigenvalue weighted by Crippen LogP contribution is -2.30. The fraction of sp³-hybridized carbons (Fsp3) is 0.286. The largest absolute Gasteiger partial charge is 0.290 e. The number of aryl methyl sites for hydroxylation is 1. The van der Waals surface area contributed by atoms with Crippen LogP contribution in [0.1, 0.15) is 32.9 Å². The topological polar surface area (TPSA) is 72.9 Å². The Hall–Kier alpha value is -2.21. The summed E-state index contributed by atoms with van der Waals surface area (Å²) in [6.45, 7) is 6.10. The average molecular weight is 276 g/mol. The molecule has 0 fully saturated rings. The molecule has 1 aromatic heterocycles. The molecule has 0 aliphatic rings. The molecule has 3 N–H and O–H groups in total. The molecule has 0 aliphatic heterocycles. The van der Waals surface area contributed by atoms with Crippen molar-refractivity contribution in [2.75, 3.05) is 0 Å². The molecule has 2 aromatic rings. The second-order valence-electron chi connectivity index (χ2n) is 4.73. The van der Waals surface area contributed by atoms with E-state index in [-0.39, 0.29) is 12.4 Å². The van der Waals surface area contributed by atoms with E-state index in [9.17, 15) is 9.18 Å². The minimum absolute atomic E-state index is 0.276. The van der Waals surface area contributed by atoms with Gasteiger partial charge in [0.05, 0.1) is 12.2 Å². The molecule has 0 unspecified atom stereocenters. The molecule has 1 aromatic carbocycles. The van der Waals surface area contributed by atoms with Gasteiger partial charge in [0.15, 0.2) is 0 Å². The highest BCUT2D eigenvalue weighted by Crippen LogP contribution is 2.16. The number of rotatable bonds is 3. The molecule has 0 spiro atoms. The Morgan fingerprint density at radius 2 is 2.10 bits per heavy atom. The molecule has 0 aliphatic carbocycles. The lowest BCUT2D eigenvalue weighted by Gasteiger charge is -2.08. The van der Waals surface area contributed by atoms with Gasteiger partial charge in [-0.05, 0) is 44.5 Å². The SMILES string of the molecule is Cc1nn(Cc2cc(C(=O)NN)ccc2F)c(C)c1C. The second-order valence-corrected chi connectivity index (χ2v) is 4.73. The Morgan fingerprint density at radius 1 is 1.40 bits per heavy atom. The van der Waals surface area contributed by atoms with Crippen molar-refractivity contribution < 1.29 is 9.18 Å². The van der Waals surface area contributed by atoms with Crippen LogP contribution < -0.4 is 11.3 Å². The zero-order valence-corrected chi connectivity index (χ0v) is 11.7. The van der Waals surface area contributed by atoms with E-state index in [1.54, 1.807) is 4.68 Å². The van der Waals surface area contributed by atoms with E-state index in [0.717, 1.165) is 17.0 Å². The predicted octanol–water partition coefficient (Wildman–Crippen LogP) is 1.60. The number of nitrogen functional groups attached to an aromatic ring is 1. The van der Waals surface area contributed by atoms with Crippen LogP contribution >= 0.6 is 0 Å². The Labute approximate surface area is 116 Å². The van der Waals surface area contributed by atoms with Crippen molar-refractivity contribution >= 4 is 5.91 Å². The molecule has 0 radical (unpaired) electrons. The monoisotopic (exact) mass is 276 g/mol. The van der Waals surface area contributed by atoms with Crippen molar-refractivity contribution in [2.24, 2.45) is 5.84 Å². The van der Waals surface area contributed by atoms with Crippen LogP contribution in [-0.4, -0.2) is 15.7 Å². The summed E-state index contributed by atoms with van der Waals surface area (Å²) in [5, 5.41) is 4.37. The lowest BCUT2D eigenvalue weighted by atomic mass is 10.1. The molecular weight excluding hydrogens is 259 g/mol. The number of nitrogens with two attached hydrogens (primary N) is 1. The summed E-state index contributed by atoms with van der Waals surface area (Å²) in [7, 11) is 0. The number of nitrogens with zero attached hydrogens (tertiary/aromatic N) is 2. The van der Waals surface area contributed by atoms with Gasteiger partial charge in [0.2, 0.25) is 0 Å². The van der Waals surface area contributed by atoms with Crippen LogP contribution in [0.5, 0.6) is 0 Å². The van der Waals surface area contributed by atoms with Crippen LogP contribution in [0, 0.1) is 26.6 Å². The molecule has 5 nitrogen and oxygen atoms in total. The van der Waals surface area contributed by atoms with E-state index >= 15 is 0 Å². The van der Waals surface area contributed by atoms with Crippen LogP contribution in [-0.2, 0) is 6.54 Å². The van der Waals surface area contributed by atoms with Gasteiger partial charge in [0.1, 0.15) is 5.82 Å². The predicted molar refractivity (Wildman–Crippen MR) is 73.6 cm³/mol. The second kappa shape index (κ2) is 5.42. The highest BCUT2D eigenvalue weighted by atomic mass is 19.1. The van der Waals surface area contributed by atoms with E-state index in [2.05, 4.69) is 5.10 Å². The number of nitrogens with one attached hydrogen (secondary N) is 1. The summed E-state index contributed by atoms with van der Waals surface area (Å²) in [6.07, 6.45) is 0. The minimum atomic E-state index is -0.448. The van der Waals surface area contributed by atoms with Crippen LogP contribution in [0.4, 0.5) is 4.39 Å². The molecule has 1 heterocycles. The summed E-state index contributed by atoms with van der Waals surface area (Å²) < 4.78 is 15.6. The summed E-state index contributed by atoms with van der Waals surface area (Å²) in [5.41, 5.74) is 5.74. The van der Waals surface area contributed by atoms with Gasteiger partial charge in [-0.15, -0.1) is 0 Å². The third-order valence-electron chi connectivity index (χ3n) is 3.50. The maximum atomic E-state index is 13.9. The van der Waals surface area contributed by atoms with Crippen molar-refractivity contribution in [2.45, 2.75) is 27.3 Å².